The molecule has 12 unspecified atom stereocenters. The highest BCUT2D eigenvalue weighted by Gasteiger charge is 2.51. The molecule has 0 aromatic heterocycles. The summed E-state index contributed by atoms with van der Waals surface area (Å²) < 4.78 is 22.7. The maximum Gasteiger partial charge on any atom is 0.220 e. The number of aliphatic hydroxyl groups is 8. The van der Waals surface area contributed by atoms with Crippen LogP contribution in [0.25, 0.3) is 0 Å². The van der Waals surface area contributed by atoms with Crippen LogP contribution in [0, 0.1) is 0 Å². The molecule has 9 N–H and O–H groups in total. The molecule has 12 atom stereocenters. The highest BCUT2D eigenvalue weighted by Crippen LogP contribution is 2.30. The van der Waals surface area contributed by atoms with Gasteiger partial charge in [-0.3, -0.25) is 4.79 Å². The third-order valence-corrected chi connectivity index (χ3v) is 13.4. The van der Waals surface area contributed by atoms with Crippen molar-refractivity contribution in [3.8, 4) is 0 Å². The molecular weight excluding hydrogens is 907 g/mol. The fraction of sp³-hybridized carbons (Fsp3) is 0.807. The lowest BCUT2D eigenvalue weighted by Crippen LogP contribution is -2.65. The Morgan fingerprint density at radius 3 is 1.55 bits per heavy atom. The molecule has 0 aromatic carbocycles. The summed E-state index contributed by atoms with van der Waals surface area (Å²) in [5.74, 6) is -0.280. The maximum absolute atomic E-state index is 13.2. The molecule has 0 aliphatic carbocycles. The minimum Gasteiger partial charge on any atom is -0.394 e. The Labute approximate surface area is 428 Å². The van der Waals surface area contributed by atoms with Crippen LogP contribution >= 0.6 is 0 Å². The average molecular weight is 1010 g/mol. The molecule has 2 aliphatic heterocycles. The Morgan fingerprint density at radius 2 is 0.986 bits per heavy atom. The molecule has 2 aliphatic rings. The van der Waals surface area contributed by atoms with Gasteiger partial charge in [0.2, 0.25) is 5.91 Å². The van der Waals surface area contributed by atoms with E-state index in [0.29, 0.717) is 12.8 Å². The van der Waals surface area contributed by atoms with Crippen LogP contribution in [0.3, 0.4) is 0 Å². The van der Waals surface area contributed by atoms with Crippen molar-refractivity contribution in [3.63, 3.8) is 0 Å². The van der Waals surface area contributed by atoms with E-state index in [4.69, 9.17) is 18.9 Å². The van der Waals surface area contributed by atoms with Gasteiger partial charge in [-0.2, -0.15) is 0 Å². The van der Waals surface area contributed by atoms with Crippen molar-refractivity contribution in [1.29, 1.82) is 0 Å². The lowest BCUT2D eigenvalue weighted by Gasteiger charge is -2.46. The third-order valence-electron chi connectivity index (χ3n) is 13.4. The number of amides is 1. The number of hydrogen-bond donors (Lipinski definition) is 9. The van der Waals surface area contributed by atoms with Gasteiger partial charge in [0.25, 0.3) is 0 Å². The number of hydrogen-bond acceptors (Lipinski definition) is 13. The van der Waals surface area contributed by atoms with E-state index in [0.717, 1.165) is 51.4 Å². The summed E-state index contributed by atoms with van der Waals surface area (Å²) in [7, 11) is 0. The summed E-state index contributed by atoms with van der Waals surface area (Å²) in [5, 5.41) is 86.8. The highest BCUT2D eigenvalue weighted by molar-refractivity contribution is 5.76. The Bertz CT molecular complexity index is 1420. The molecule has 14 nitrogen and oxygen atoms in total. The summed E-state index contributed by atoms with van der Waals surface area (Å²) in [6.07, 6.45) is 37.1. The van der Waals surface area contributed by atoms with E-state index in [2.05, 4.69) is 67.8 Å². The first kappa shape index (κ1) is 64.8. The molecule has 2 fully saturated rings. The van der Waals surface area contributed by atoms with E-state index in [9.17, 15) is 45.6 Å². The second-order valence-electron chi connectivity index (χ2n) is 19.7. The van der Waals surface area contributed by atoms with Gasteiger partial charge in [0.1, 0.15) is 48.8 Å². The Morgan fingerprint density at radius 1 is 0.521 bits per heavy atom. The molecule has 0 saturated carbocycles. The van der Waals surface area contributed by atoms with Crippen molar-refractivity contribution in [1.82, 2.24) is 5.32 Å². The first-order valence-corrected chi connectivity index (χ1v) is 28.0. The molecule has 71 heavy (non-hydrogen) atoms. The van der Waals surface area contributed by atoms with Crippen LogP contribution in [0.15, 0.2) is 60.8 Å². The van der Waals surface area contributed by atoms with E-state index in [1.807, 2.05) is 6.08 Å². The number of rotatable bonds is 43. The number of allylic oxidation sites excluding steroid dienone is 9. The van der Waals surface area contributed by atoms with Gasteiger partial charge in [-0.05, 0) is 64.2 Å². The van der Waals surface area contributed by atoms with Crippen molar-refractivity contribution < 1.29 is 64.6 Å². The van der Waals surface area contributed by atoms with Crippen LogP contribution in [0.1, 0.15) is 200 Å². The molecule has 0 bridgehead atoms. The first-order valence-electron chi connectivity index (χ1n) is 28.0. The number of ether oxygens (including phenoxy) is 4. The quantitative estimate of drug-likeness (QED) is 0.0206. The number of aliphatic hydroxyl groups excluding tert-OH is 8. The average Bonchev–Trinajstić information content (AvgIpc) is 3.37. The van der Waals surface area contributed by atoms with Crippen LogP contribution in [0.2, 0.25) is 0 Å². The first-order chi connectivity index (χ1) is 34.6. The van der Waals surface area contributed by atoms with Gasteiger partial charge in [0.05, 0.1) is 32.0 Å². The van der Waals surface area contributed by atoms with E-state index >= 15 is 0 Å². The van der Waals surface area contributed by atoms with E-state index in [1.165, 1.54) is 116 Å². The predicted molar refractivity (Wildman–Crippen MR) is 281 cm³/mol. The van der Waals surface area contributed by atoms with Crippen molar-refractivity contribution in [2.75, 3.05) is 19.8 Å². The number of unbranched alkanes of at least 4 members (excludes halogenated alkanes) is 22. The Hall–Kier alpha value is -2.31. The normalized spacial score (nSPS) is 26.2. The molecule has 0 aromatic rings. The smallest absolute Gasteiger partial charge is 0.220 e. The van der Waals surface area contributed by atoms with Crippen molar-refractivity contribution in [2.45, 2.75) is 274 Å². The number of carbonyl (C=O) groups is 1. The van der Waals surface area contributed by atoms with Gasteiger partial charge in [-0.1, -0.05) is 190 Å². The van der Waals surface area contributed by atoms with Gasteiger partial charge < -0.3 is 65.1 Å². The van der Waals surface area contributed by atoms with Crippen molar-refractivity contribution >= 4 is 5.91 Å². The van der Waals surface area contributed by atoms with Gasteiger partial charge in [-0.15, -0.1) is 0 Å². The third kappa shape index (κ3) is 29.4. The molecule has 2 saturated heterocycles. The zero-order chi connectivity index (χ0) is 51.7. The molecule has 2 rings (SSSR count). The largest absolute Gasteiger partial charge is 0.394 e. The summed E-state index contributed by atoms with van der Waals surface area (Å²) in [4.78, 5) is 13.2. The van der Waals surface area contributed by atoms with Crippen LogP contribution in [0.4, 0.5) is 0 Å². The fourth-order valence-electron chi connectivity index (χ4n) is 8.91. The van der Waals surface area contributed by atoms with Gasteiger partial charge in [0.15, 0.2) is 12.6 Å². The summed E-state index contributed by atoms with van der Waals surface area (Å²) >= 11 is 0. The fourth-order valence-corrected chi connectivity index (χ4v) is 8.91. The van der Waals surface area contributed by atoms with E-state index < -0.39 is 86.8 Å². The maximum atomic E-state index is 13.2. The predicted octanol–water partition coefficient (Wildman–Crippen LogP) is 8.61. The van der Waals surface area contributed by atoms with Gasteiger partial charge >= 0.3 is 0 Å². The van der Waals surface area contributed by atoms with Crippen molar-refractivity contribution in [3.05, 3.63) is 60.8 Å². The molecule has 412 valence electrons. The van der Waals surface area contributed by atoms with Crippen LogP contribution in [-0.4, -0.2) is 140 Å². The zero-order valence-corrected chi connectivity index (χ0v) is 43.9. The molecule has 1 amide bonds. The van der Waals surface area contributed by atoms with Crippen LogP contribution < -0.4 is 5.32 Å². The topological polar surface area (TPSA) is 228 Å². The molecular formula is C57H101NO13. The zero-order valence-electron chi connectivity index (χ0n) is 43.9. The monoisotopic (exact) mass is 1010 g/mol. The summed E-state index contributed by atoms with van der Waals surface area (Å²) in [6.45, 7) is 2.63. The van der Waals surface area contributed by atoms with Gasteiger partial charge in [-0.25, -0.2) is 0 Å². The second-order valence-corrected chi connectivity index (χ2v) is 19.7. The van der Waals surface area contributed by atoms with Crippen LogP contribution in [0.5, 0.6) is 0 Å². The standard InChI is InChI=1S/C57H101NO13/c1-3-5-7-9-11-13-15-17-18-19-20-21-22-23-24-25-26-27-29-30-32-34-36-38-40-46(61)45(58-49(62)41-39-37-35-33-31-28-16-14-12-10-8-6-4-2)44-68-56-54(67)52(65)55(48(43-60)70-56)71-57-53(66)51(64)50(63)47(42-59)69-57/h6,8,12,14,28,30-32,38,40,45-48,50-57,59-61,63-67H,3-5,7,9-11,13,15-27,29,33-37,39,41-44H2,1-2H3,(H,58,62)/b8-6-,14-12-,31-28-,32-30+,40-38+. The summed E-state index contributed by atoms with van der Waals surface area (Å²) in [6, 6.07) is -0.948. The number of carbonyl (C=O) groups excluding carboxylic acids is 1. The molecule has 2 heterocycles. The SMILES string of the molecule is CC/C=C\C/C=C\C/C=C\CCCCCC(=O)NC(COC1OC(CO)C(OC2OC(CO)C(O)C(O)C2O)C(O)C1O)C(O)/C=C/CC/C=C/CCCCCCCCCCCCCCCCCCCC. The number of nitrogens with one attached hydrogen (secondary N) is 1. The van der Waals surface area contributed by atoms with Crippen molar-refractivity contribution in [2.24, 2.45) is 0 Å². The van der Waals surface area contributed by atoms with Gasteiger partial charge in [0, 0.05) is 6.42 Å². The van der Waals surface area contributed by atoms with Crippen LogP contribution in [-0.2, 0) is 23.7 Å². The summed E-state index contributed by atoms with van der Waals surface area (Å²) in [5.41, 5.74) is 0. The van der Waals surface area contributed by atoms with E-state index in [-0.39, 0.29) is 18.9 Å². The minimum atomic E-state index is -1.80. The Kier molecular flexibility index (Phi) is 39.2. The lowest BCUT2D eigenvalue weighted by molar-refractivity contribution is -0.359. The molecule has 0 radical (unpaired) electrons. The highest BCUT2D eigenvalue weighted by atomic mass is 16.7. The molecule has 0 spiro atoms. The minimum absolute atomic E-state index is 0.236. The lowest BCUT2D eigenvalue weighted by atomic mass is 9.97. The Balaban J connectivity index is 1.80. The van der Waals surface area contributed by atoms with E-state index in [1.54, 1.807) is 6.08 Å². The second kappa shape index (κ2) is 43.0. The molecule has 14 heteroatoms.